The van der Waals surface area contributed by atoms with Crippen LogP contribution >= 0.6 is 0 Å². The molecule has 0 saturated heterocycles. The molecule has 2 amide bonds. The van der Waals surface area contributed by atoms with Crippen molar-refractivity contribution in [1.29, 1.82) is 0 Å². The lowest BCUT2D eigenvalue weighted by Gasteiger charge is -2.13. The van der Waals surface area contributed by atoms with E-state index in [1.54, 1.807) is 18.2 Å². The van der Waals surface area contributed by atoms with E-state index in [1.165, 1.54) is 0 Å². The summed E-state index contributed by atoms with van der Waals surface area (Å²) in [4.78, 5) is 23.9. The summed E-state index contributed by atoms with van der Waals surface area (Å²) in [6.45, 7) is 8.51. The van der Waals surface area contributed by atoms with Crippen LogP contribution in [0.25, 0.3) is 0 Å². The van der Waals surface area contributed by atoms with Gasteiger partial charge in [0.2, 0.25) is 5.91 Å². The van der Waals surface area contributed by atoms with E-state index in [-0.39, 0.29) is 24.3 Å². The molecule has 0 aliphatic carbocycles. The summed E-state index contributed by atoms with van der Waals surface area (Å²) in [5, 5.41) is 14.6. The zero-order valence-corrected chi connectivity index (χ0v) is 14.5. The van der Waals surface area contributed by atoms with E-state index in [9.17, 15) is 9.59 Å². The number of benzene rings is 1. The smallest absolute Gasteiger partial charge is 0.251 e. The maximum Gasteiger partial charge on any atom is 0.251 e. The fraction of sp³-hybridized carbons (Fsp3) is 0.556. The molecule has 0 fully saturated rings. The number of hydrogen-bond donors (Lipinski definition) is 3. The highest BCUT2D eigenvalue weighted by Crippen LogP contribution is 2.17. The second kappa shape index (κ2) is 9.30. The van der Waals surface area contributed by atoms with Crippen molar-refractivity contribution in [3.05, 3.63) is 29.3 Å². The molecule has 1 rings (SSSR count). The maximum atomic E-state index is 12.1. The molecule has 23 heavy (non-hydrogen) atoms. The fourth-order valence-corrected chi connectivity index (χ4v) is 2.21. The van der Waals surface area contributed by atoms with Gasteiger partial charge in [-0.25, -0.2) is 0 Å². The van der Waals surface area contributed by atoms with Crippen LogP contribution in [0.4, 0.5) is 5.69 Å². The Morgan fingerprint density at radius 1 is 1.22 bits per heavy atom. The zero-order chi connectivity index (χ0) is 17.4. The standard InChI is InChI=1S/C18H28N2O3/c1-12(2)9-17(22)20-16-6-5-15(10-14(16)4)18(23)19-11-13(3)7-8-21/h5-6,10,12-13,21H,7-9,11H2,1-4H3,(H,19,23)(H,20,22). The van der Waals surface area contributed by atoms with Gasteiger partial charge >= 0.3 is 0 Å². The van der Waals surface area contributed by atoms with Crippen LogP contribution in [-0.2, 0) is 4.79 Å². The van der Waals surface area contributed by atoms with E-state index < -0.39 is 0 Å². The van der Waals surface area contributed by atoms with Crippen molar-refractivity contribution < 1.29 is 14.7 Å². The maximum absolute atomic E-state index is 12.1. The second-order valence-corrected chi connectivity index (χ2v) is 6.50. The molecule has 0 aliphatic rings. The first-order valence-corrected chi connectivity index (χ1v) is 8.13. The van der Waals surface area contributed by atoms with Crippen LogP contribution in [0.1, 0.15) is 49.5 Å². The Hall–Kier alpha value is -1.88. The van der Waals surface area contributed by atoms with Gasteiger partial charge in [-0.3, -0.25) is 9.59 Å². The van der Waals surface area contributed by atoms with Gasteiger partial charge in [0.05, 0.1) is 0 Å². The summed E-state index contributed by atoms with van der Waals surface area (Å²) in [7, 11) is 0. The average Bonchev–Trinajstić information content (AvgIpc) is 2.46. The Morgan fingerprint density at radius 2 is 1.91 bits per heavy atom. The SMILES string of the molecule is Cc1cc(C(=O)NCC(C)CCO)ccc1NC(=O)CC(C)C. The minimum atomic E-state index is -0.141. The third-order valence-electron chi connectivity index (χ3n) is 3.59. The number of amides is 2. The Bertz CT molecular complexity index is 541. The largest absolute Gasteiger partial charge is 0.396 e. The zero-order valence-electron chi connectivity index (χ0n) is 14.5. The van der Waals surface area contributed by atoms with Crippen molar-refractivity contribution in [1.82, 2.24) is 5.32 Å². The van der Waals surface area contributed by atoms with Gasteiger partial charge in [0.15, 0.2) is 0 Å². The van der Waals surface area contributed by atoms with Crippen molar-refractivity contribution in [2.45, 2.75) is 40.5 Å². The number of carbonyl (C=O) groups is 2. The van der Waals surface area contributed by atoms with Crippen molar-refractivity contribution in [2.75, 3.05) is 18.5 Å². The Labute approximate surface area is 138 Å². The van der Waals surface area contributed by atoms with Gasteiger partial charge < -0.3 is 15.7 Å². The molecule has 128 valence electrons. The molecule has 1 aromatic carbocycles. The molecule has 0 bridgehead atoms. The molecule has 0 saturated carbocycles. The number of aliphatic hydroxyl groups is 1. The summed E-state index contributed by atoms with van der Waals surface area (Å²) in [6.07, 6.45) is 1.14. The molecule has 1 unspecified atom stereocenters. The van der Waals surface area contributed by atoms with Gasteiger partial charge in [-0.1, -0.05) is 20.8 Å². The predicted molar refractivity (Wildman–Crippen MR) is 92.5 cm³/mol. The van der Waals surface area contributed by atoms with Gasteiger partial charge in [-0.2, -0.15) is 0 Å². The molecule has 0 heterocycles. The monoisotopic (exact) mass is 320 g/mol. The normalized spacial score (nSPS) is 12.1. The first-order valence-electron chi connectivity index (χ1n) is 8.13. The van der Waals surface area contributed by atoms with Crippen molar-refractivity contribution in [2.24, 2.45) is 11.8 Å². The Balaban J connectivity index is 2.64. The van der Waals surface area contributed by atoms with Crippen LogP contribution in [0.3, 0.4) is 0 Å². The quantitative estimate of drug-likeness (QED) is 0.689. The van der Waals surface area contributed by atoms with E-state index in [4.69, 9.17) is 5.11 Å². The van der Waals surface area contributed by atoms with E-state index >= 15 is 0 Å². The van der Waals surface area contributed by atoms with Crippen LogP contribution < -0.4 is 10.6 Å². The summed E-state index contributed by atoms with van der Waals surface area (Å²) >= 11 is 0. The molecule has 5 nitrogen and oxygen atoms in total. The molecule has 0 radical (unpaired) electrons. The Kier molecular flexibility index (Phi) is 7.75. The Morgan fingerprint density at radius 3 is 2.48 bits per heavy atom. The predicted octanol–water partition coefficient (Wildman–Crippen LogP) is 2.73. The van der Waals surface area contributed by atoms with Crippen LogP contribution in [-0.4, -0.2) is 30.1 Å². The van der Waals surface area contributed by atoms with Gasteiger partial charge in [0, 0.05) is 30.8 Å². The highest BCUT2D eigenvalue weighted by molar-refractivity contribution is 5.96. The molecule has 0 aromatic heterocycles. The summed E-state index contributed by atoms with van der Waals surface area (Å²) < 4.78 is 0. The van der Waals surface area contributed by atoms with Crippen LogP contribution in [0.15, 0.2) is 18.2 Å². The summed E-state index contributed by atoms with van der Waals surface area (Å²) in [5.74, 6) is 0.386. The van der Waals surface area contributed by atoms with Crippen molar-refractivity contribution >= 4 is 17.5 Å². The lowest BCUT2D eigenvalue weighted by Crippen LogP contribution is -2.28. The lowest BCUT2D eigenvalue weighted by atomic mass is 10.1. The molecular weight excluding hydrogens is 292 g/mol. The number of aliphatic hydroxyl groups excluding tert-OH is 1. The molecule has 0 aliphatic heterocycles. The number of carbonyl (C=O) groups excluding carboxylic acids is 2. The highest BCUT2D eigenvalue weighted by Gasteiger charge is 2.11. The van der Waals surface area contributed by atoms with E-state index in [0.29, 0.717) is 30.9 Å². The number of nitrogens with one attached hydrogen (secondary N) is 2. The third kappa shape index (κ3) is 6.82. The first-order chi connectivity index (χ1) is 10.8. The number of hydrogen-bond acceptors (Lipinski definition) is 3. The van der Waals surface area contributed by atoms with Gasteiger partial charge in [0.25, 0.3) is 5.91 Å². The number of aryl methyl sites for hydroxylation is 1. The summed E-state index contributed by atoms with van der Waals surface area (Å²) in [6, 6.07) is 5.25. The van der Waals surface area contributed by atoms with E-state index in [2.05, 4.69) is 10.6 Å². The number of anilines is 1. The van der Waals surface area contributed by atoms with Crippen molar-refractivity contribution in [3.8, 4) is 0 Å². The molecule has 0 spiro atoms. The molecule has 5 heteroatoms. The van der Waals surface area contributed by atoms with Crippen LogP contribution in [0.2, 0.25) is 0 Å². The first kappa shape index (κ1) is 19.2. The minimum absolute atomic E-state index is 0.0156. The van der Waals surface area contributed by atoms with Gasteiger partial charge in [0.1, 0.15) is 0 Å². The fourth-order valence-electron chi connectivity index (χ4n) is 2.21. The second-order valence-electron chi connectivity index (χ2n) is 6.50. The van der Waals surface area contributed by atoms with Crippen LogP contribution in [0.5, 0.6) is 0 Å². The van der Waals surface area contributed by atoms with Crippen LogP contribution in [0, 0.1) is 18.8 Å². The molecule has 1 aromatic rings. The number of rotatable bonds is 8. The molecule has 3 N–H and O–H groups in total. The van der Waals surface area contributed by atoms with E-state index in [0.717, 1.165) is 11.3 Å². The van der Waals surface area contributed by atoms with Gasteiger partial charge in [-0.05, 0) is 48.9 Å². The third-order valence-corrected chi connectivity index (χ3v) is 3.59. The minimum Gasteiger partial charge on any atom is -0.396 e. The topological polar surface area (TPSA) is 78.4 Å². The average molecular weight is 320 g/mol. The lowest BCUT2D eigenvalue weighted by molar-refractivity contribution is -0.116. The van der Waals surface area contributed by atoms with Gasteiger partial charge in [-0.15, -0.1) is 0 Å². The van der Waals surface area contributed by atoms with Crippen molar-refractivity contribution in [3.63, 3.8) is 0 Å². The molecule has 1 atom stereocenters. The summed E-state index contributed by atoms with van der Waals surface area (Å²) in [5.41, 5.74) is 2.17. The van der Waals surface area contributed by atoms with E-state index in [1.807, 2.05) is 27.7 Å². The highest BCUT2D eigenvalue weighted by atomic mass is 16.3. The molecular formula is C18H28N2O3.